The summed E-state index contributed by atoms with van der Waals surface area (Å²) in [5, 5.41) is 3.96. The fourth-order valence-corrected chi connectivity index (χ4v) is 3.48. The van der Waals surface area contributed by atoms with Gasteiger partial charge in [0, 0.05) is 19.6 Å². The lowest BCUT2D eigenvalue weighted by Gasteiger charge is -2.30. The Balaban J connectivity index is 1.76. The third-order valence-electron chi connectivity index (χ3n) is 3.56. The molecule has 1 aliphatic rings. The van der Waals surface area contributed by atoms with Gasteiger partial charge in [-0.25, -0.2) is 4.98 Å². The SMILES string of the molecule is Cc1nc(C)c(C(=O)NCCN2CCCC(C)C2)s1. The Bertz CT molecular complexity index is 444. The molecule has 1 unspecified atom stereocenters. The van der Waals surface area contributed by atoms with Gasteiger partial charge in [0.25, 0.3) is 5.91 Å². The van der Waals surface area contributed by atoms with Crippen molar-refractivity contribution in [1.29, 1.82) is 0 Å². The number of nitrogens with zero attached hydrogens (tertiary/aromatic N) is 2. The Labute approximate surface area is 119 Å². The number of carbonyl (C=O) groups is 1. The molecular formula is C14H23N3OS. The van der Waals surface area contributed by atoms with E-state index in [0.717, 1.165) is 41.1 Å². The third-order valence-corrected chi connectivity index (χ3v) is 4.64. The summed E-state index contributed by atoms with van der Waals surface area (Å²) < 4.78 is 0. The van der Waals surface area contributed by atoms with Gasteiger partial charge < -0.3 is 10.2 Å². The van der Waals surface area contributed by atoms with Gasteiger partial charge in [-0.3, -0.25) is 4.79 Å². The summed E-state index contributed by atoms with van der Waals surface area (Å²) >= 11 is 1.47. The van der Waals surface area contributed by atoms with Gasteiger partial charge >= 0.3 is 0 Å². The number of aryl methyl sites for hydroxylation is 2. The lowest BCUT2D eigenvalue weighted by Crippen LogP contribution is -2.40. The summed E-state index contributed by atoms with van der Waals surface area (Å²) in [5.74, 6) is 0.809. The number of thiazole rings is 1. The van der Waals surface area contributed by atoms with E-state index in [1.807, 2.05) is 13.8 Å². The minimum absolute atomic E-state index is 0.0214. The number of hydrogen-bond donors (Lipinski definition) is 1. The van der Waals surface area contributed by atoms with Crippen molar-refractivity contribution >= 4 is 17.2 Å². The van der Waals surface area contributed by atoms with Crippen LogP contribution < -0.4 is 5.32 Å². The van der Waals surface area contributed by atoms with Crippen LogP contribution in [-0.4, -0.2) is 42.0 Å². The monoisotopic (exact) mass is 281 g/mol. The van der Waals surface area contributed by atoms with Crippen LogP contribution in [0.3, 0.4) is 0 Å². The molecule has 5 heteroatoms. The normalized spacial score (nSPS) is 20.5. The van der Waals surface area contributed by atoms with E-state index in [9.17, 15) is 4.79 Å². The molecule has 1 amide bonds. The molecule has 0 bridgehead atoms. The minimum Gasteiger partial charge on any atom is -0.350 e. The zero-order valence-electron chi connectivity index (χ0n) is 12.0. The van der Waals surface area contributed by atoms with E-state index < -0.39 is 0 Å². The van der Waals surface area contributed by atoms with Crippen molar-refractivity contribution < 1.29 is 4.79 Å². The molecule has 0 spiro atoms. The van der Waals surface area contributed by atoms with Crippen molar-refractivity contribution in [3.8, 4) is 0 Å². The molecule has 1 N–H and O–H groups in total. The van der Waals surface area contributed by atoms with E-state index in [2.05, 4.69) is 22.1 Å². The van der Waals surface area contributed by atoms with Gasteiger partial charge in [-0.1, -0.05) is 6.92 Å². The van der Waals surface area contributed by atoms with Gasteiger partial charge in [-0.15, -0.1) is 11.3 Å². The number of carbonyl (C=O) groups excluding carboxylic acids is 1. The highest BCUT2D eigenvalue weighted by Crippen LogP contribution is 2.17. The maximum Gasteiger partial charge on any atom is 0.263 e. The largest absolute Gasteiger partial charge is 0.350 e. The van der Waals surface area contributed by atoms with Crippen LogP contribution in [0.4, 0.5) is 0 Å². The Kier molecular flexibility index (Phi) is 4.93. The number of aromatic nitrogens is 1. The highest BCUT2D eigenvalue weighted by atomic mass is 32.1. The first kappa shape index (κ1) is 14.5. The molecule has 106 valence electrons. The summed E-state index contributed by atoms with van der Waals surface area (Å²) in [5.41, 5.74) is 0.839. The summed E-state index contributed by atoms with van der Waals surface area (Å²) in [6, 6.07) is 0. The van der Waals surface area contributed by atoms with Crippen molar-refractivity contribution in [2.45, 2.75) is 33.6 Å². The Morgan fingerprint density at radius 3 is 2.95 bits per heavy atom. The van der Waals surface area contributed by atoms with Crippen LogP contribution in [0, 0.1) is 19.8 Å². The second-order valence-electron chi connectivity index (χ2n) is 5.45. The summed E-state index contributed by atoms with van der Waals surface area (Å²) in [4.78, 5) is 19.5. The smallest absolute Gasteiger partial charge is 0.263 e. The lowest BCUT2D eigenvalue weighted by molar-refractivity contribution is 0.0947. The second kappa shape index (κ2) is 6.48. The number of likely N-dealkylation sites (tertiary alicyclic amines) is 1. The molecule has 2 rings (SSSR count). The lowest BCUT2D eigenvalue weighted by atomic mass is 10.0. The number of hydrogen-bond acceptors (Lipinski definition) is 4. The van der Waals surface area contributed by atoms with E-state index >= 15 is 0 Å². The van der Waals surface area contributed by atoms with E-state index in [1.165, 1.54) is 30.7 Å². The molecule has 1 saturated heterocycles. The van der Waals surface area contributed by atoms with Crippen LogP contribution in [0.15, 0.2) is 0 Å². The summed E-state index contributed by atoms with van der Waals surface area (Å²) in [6.45, 7) is 10.1. The van der Waals surface area contributed by atoms with Crippen LogP contribution in [0.1, 0.15) is 40.1 Å². The molecule has 19 heavy (non-hydrogen) atoms. The van der Waals surface area contributed by atoms with Gasteiger partial charge in [0.15, 0.2) is 0 Å². The van der Waals surface area contributed by atoms with E-state index in [1.54, 1.807) is 0 Å². The number of amides is 1. The molecule has 1 aromatic heterocycles. The molecule has 0 saturated carbocycles. The van der Waals surface area contributed by atoms with Gasteiger partial charge in [0.05, 0.1) is 10.7 Å². The average Bonchev–Trinajstić information content (AvgIpc) is 2.68. The van der Waals surface area contributed by atoms with Crippen molar-refractivity contribution in [3.63, 3.8) is 0 Å². The van der Waals surface area contributed by atoms with Gasteiger partial charge in [0.2, 0.25) is 0 Å². The fourth-order valence-electron chi connectivity index (χ4n) is 2.64. The van der Waals surface area contributed by atoms with Crippen LogP contribution in [0.5, 0.6) is 0 Å². The molecule has 1 aliphatic heterocycles. The summed E-state index contributed by atoms with van der Waals surface area (Å²) in [7, 11) is 0. The minimum atomic E-state index is 0.0214. The van der Waals surface area contributed by atoms with Gasteiger partial charge in [-0.2, -0.15) is 0 Å². The molecule has 2 heterocycles. The molecule has 0 aromatic carbocycles. The van der Waals surface area contributed by atoms with Crippen LogP contribution in [0.2, 0.25) is 0 Å². The highest BCUT2D eigenvalue weighted by Gasteiger charge is 2.17. The average molecular weight is 281 g/mol. The van der Waals surface area contributed by atoms with Crippen LogP contribution in [0.25, 0.3) is 0 Å². The maximum absolute atomic E-state index is 12.0. The number of nitrogens with one attached hydrogen (secondary N) is 1. The van der Waals surface area contributed by atoms with Crippen molar-refractivity contribution in [1.82, 2.24) is 15.2 Å². The number of piperidine rings is 1. The standard InChI is InChI=1S/C14H23N3OS/c1-10-5-4-7-17(9-10)8-6-15-14(18)13-11(2)16-12(3)19-13/h10H,4-9H2,1-3H3,(H,15,18). The molecule has 1 aromatic rings. The Hall–Kier alpha value is -0.940. The number of rotatable bonds is 4. The van der Waals surface area contributed by atoms with Gasteiger partial charge in [0.1, 0.15) is 4.88 Å². The molecule has 0 radical (unpaired) electrons. The summed E-state index contributed by atoms with van der Waals surface area (Å²) in [6.07, 6.45) is 2.62. The fraction of sp³-hybridized carbons (Fsp3) is 0.714. The topological polar surface area (TPSA) is 45.2 Å². The van der Waals surface area contributed by atoms with Crippen molar-refractivity contribution in [2.75, 3.05) is 26.2 Å². The molecule has 1 fully saturated rings. The predicted molar refractivity (Wildman–Crippen MR) is 78.8 cm³/mol. The first-order valence-electron chi connectivity index (χ1n) is 7.01. The second-order valence-corrected chi connectivity index (χ2v) is 6.65. The molecular weight excluding hydrogens is 258 g/mol. The first-order valence-corrected chi connectivity index (χ1v) is 7.82. The predicted octanol–water partition coefficient (Wildman–Crippen LogP) is 2.22. The van der Waals surface area contributed by atoms with Gasteiger partial charge in [-0.05, 0) is 39.2 Å². The highest BCUT2D eigenvalue weighted by molar-refractivity contribution is 7.13. The third kappa shape index (κ3) is 4.01. The van der Waals surface area contributed by atoms with Crippen molar-refractivity contribution in [2.24, 2.45) is 5.92 Å². The maximum atomic E-state index is 12.0. The van der Waals surface area contributed by atoms with Crippen LogP contribution in [-0.2, 0) is 0 Å². The first-order chi connectivity index (χ1) is 9.06. The Morgan fingerprint density at radius 2 is 2.32 bits per heavy atom. The zero-order valence-corrected chi connectivity index (χ0v) is 12.8. The van der Waals surface area contributed by atoms with E-state index in [-0.39, 0.29) is 5.91 Å². The van der Waals surface area contributed by atoms with Crippen LogP contribution >= 0.6 is 11.3 Å². The zero-order chi connectivity index (χ0) is 13.8. The molecule has 4 nitrogen and oxygen atoms in total. The Morgan fingerprint density at radius 1 is 1.53 bits per heavy atom. The van der Waals surface area contributed by atoms with Crippen molar-refractivity contribution in [3.05, 3.63) is 15.6 Å². The quantitative estimate of drug-likeness (QED) is 0.920. The molecule has 1 atom stereocenters. The van der Waals surface area contributed by atoms with E-state index in [0.29, 0.717) is 0 Å². The molecule has 0 aliphatic carbocycles. The van der Waals surface area contributed by atoms with E-state index in [4.69, 9.17) is 0 Å².